The zero-order valence-electron chi connectivity index (χ0n) is 10.1. The topological polar surface area (TPSA) is 15.3 Å². The van der Waals surface area contributed by atoms with Crippen LogP contribution in [0.2, 0.25) is 0 Å². The molecule has 0 spiro atoms. The predicted octanol–water partition coefficient (Wildman–Crippen LogP) is 2.25. The molecule has 1 aliphatic heterocycles. The first-order chi connectivity index (χ1) is 6.81. The fourth-order valence-corrected chi connectivity index (χ4v) is 2.42. The van der Waals surface area contributed by atoms with Crippen LogP contribution in [0, 0.1) is 0 Å². The van der Waals surface area contributed by atoms with Crippen LogP contribution in [0.15, 0.2) is 0 Å². The molecule has 0 radical (unpaired) electrons. The minimum Gasteiger partial charge on any atom is -0.312 e. The number of hydrogen-bond donors (Lipinski definition) is 1. The molecular weight excluding hydrogens is 172 g/mol. The number of likely N-dealkylation sites (N-methyl/N-ethyl adjacent to an activating group) is 1. The van der Waals surface area contributed by atoms with Gasteiger partial charge in [-0.1, -0.05) is 20.8 Å². The number of nitrogens with zero attached hydrogens (tertiary/aromatic N) is 1. The molecule has 0 amide bonds. The van der Waals surface area contributed by atoms with Crippen molar-refractivity contribution in [2.75, 3.05) is 19.6 Å². The Morgan fingerprint density at radius 1 is 1.29 bits per heavy atom. The van der Waals surface area contributed by atoms with Gasteiger partial charge in [0.05, 0.1) is 0 Å². The van der Waals surface area contributed by atoms with E-state index in [0.717, 1.165) is 12.1 Å². The van der Waals surface area contributed by atoms with E-state index in [4.69, 9.17) is 0 Å². The molecule has 1 saturated heterocycles. The smallest absolute Gasteiger partial charge is 0.0221 e. The quantitative estimate of drug-likeness (QED) is 0.704. The molecule has 2 heteroatoms. The normalized spacial score (nSPS) is 23.6. The maximum absolute atomic E-state index is 3.68. The predicted molar refractivity (Wildman–Crippen MR) is 62.6 cm³/mol. The maximum Gasteiger partial charge on any atom is 0.0221 e. The van der Waals surface area contributed by atoms with Crippen molar-refractivity contribution in [3.63, 3.8) is 0 Å². The molecular formula is C12H26N2. The fraction of sp³-hybridized carbons (Fsp3) is 1.00. The summed E-state index contributed by atoms with van der Waals surface area (Å²) in [6.45, 7) is 10.5. The molecule has 1 atom stereocenters. The van der Waals surface area contributed by atoms with Crippen LogP contribution < -0.4 is 5.32 Å². The van der Waals surface area contributed by atoms with Crippen LogP contribution in [0.1, 0.15) is 46.5 Å². The van der Waals surface area contributed by atoms with E-state index in [9.17, 15) is 0 Å². The van der Waals surface area contributed by atoms with E-state index in [2.05, 4.69) is 31.0 Å². The molecule has 0 aromatic heterocycles. The summed E-state index contributed by atoms with van der Waals surface area (Å²) >= 11 is 0. The highest BCUT2D eigenvalue weighted by Gasteiger charge is 2.22. The van der Waals surface area contributed by atoms with Gasteiger partial charge in [-0.2, -0.15) is 0 Å². The second-order valence-corrected chi connectivity index (χ2v) is 4.35. The van der Waals surface area contributed by atoms with Crippen molar-refractivity contribution in [2.45, 2.75) is 58.5 Å². The van der Waals surface area contributed by atoms with Crippen LogP contribution in [0.5, 0.6) is 0 Å². The van der Waals surface area contributed by atoms with Gasteiger partial charge in [0.1, 0.15) is 0 Å². The molecule has 1 rings (SSSR count). The van der Waals surface area contributed by atoms with E-state index in [1.165, 1.54) is 45.3 Å². The molecule has 0 bridgehead atoms. The summed E-state index contributed by atoms with van der Waals surface area (Å²) in [5.41, 5.74) is 0. The van der Waals surface area contributed by atoms with Crippen LogP contribution in [-0.2, 0) is 0 Å². The Hall–Kier alpha value is -0.0800. The average Bonchev–Trinajstić information content (AvgIpc) is 2.67. The molecule has 0 aliphatic carbocycles. The maximum atomic E-state index is 3.68. The second kappa shape index (κ2) is 6.41. The van der Waals surface area contributed by atoms with Crippen molar-refractivity contribution in [1.29, 1.82) is 0 Å². The van der Waals surface area contributed by atoms with Crippen LogP contribution in [0.4, 0.5) is 0 Å². The molecule has 1 fully saturated rings. The van der Waals surface area contributed by atoms with E-state index < -0.39 is 0 Å². The largest absolute Gasteiger partial charge is 0.312 e. The summed E-state index contributed by atoms with van der Waals surface area (Å²) in [5, 5.41) is 3.68. The molecule has 1 aliphatic rings. The number of rotatable bonds is 6. The molecule has 1 heterocycles. The number of nitrogens with one attached hydrogen (secondary N) is 1. The van der Waals surface area contributed by atoms with Gasteiger partial charge in [0.15, 0.2) is 0 Å². The molecule has 0 aromatic rings. The van der Waals surface area contributed by atoms with Crippen molar-refractivity contribution in [1.82, 2.24) is 10.2 Å². The average molecular weight is 198 g/mol. The molecule has 0 aromatic carbocycles. The standard InChI is InChI=1S/C12H26N2/c1-4-11(5-2)13-10-12-8-7-9-14(12)6-3/h11-13H,4-10H2,1-3H3. The molecule has 0 saturated carbocycles. The first-order valence-electron chi connectivity index (χ1n) is 6.29. The van der Waals surface area contributed by atoms with Gasteiger partial charge in [-0.25, -0.2) is 0 Å². The Morgan fingerprint density at radius 3 is 2.57 bits per heavy atom. The highest BCUT2D eigenvalue weighted by Crippen LogP contribution is 2.15. The van der Waals surface area contributed by atoms with Gasteiger partial charge < -0.3 is 5.32 Å². The van der Waals surface area contributed by atoms with Crippen molar-refractivity contribution >= 4 is 0 Å². The number of likely N-dealkylation sites (tertiary alicyclic amines) is 1. The molecule has 2 nitrogen and oxygen atoms in total. The zero-order valence-corrected chi connectivity index (χ0v) is 10.1. The molecule has 1 unspecified atom stereocenters. The highest BCUT2D eigenvalue weighted by atomic mass is 15.2. The van der Waals surface area contributed by atoms with Gasteiger partial charge in [-0.3, -0.25) is 4.90 Å². The first-order valence-corrected chi connectivity index (χ1v) is 6.29. The van der Waals surface area contributed by atoms with Crippen LogP contribution in [0.25, 0.3) is 0 Å². The van der Waals surface area contributed by atoms with Crippen LogP contribution >= 0.6 is 0 Å². The Morgan fingerprint density at radius 2 is 2.00 bits per heavy atom. The van der Waals surface area contributed by atoms with Crippen LogP contribution in [-0.4, -0.2) is 36.6 Å². The third kappa shape index (κ3) is 3.25. The van der Waals surface area contributed by atoms with E-state index >= 15 is 0 Å². The van der Waals surface area contributed by atoms with Gasteiger partial charge in [0, 0.05) is 18.6 Å². The lowest BCUT2D eigenvalue weighted by atomic mass is 10.1. The van der Waals surface area contributed by atoms with Gasteiger partial charge in [0.2, 0.25) is 0 Å². The minimum absolute atomic E-state index is 0.731. The zero-order chi connectivity index (χ0) is 10.4. The third-order valence-electron chi connectivity index (χ3n) is 3.53. The van der Waals surface area contributed by atoms with Gasteiger partial charge in [0.25, 0.3) is 0 Å². The first kappa shape index (κ1) is 12.0. The monoisotopic (exact) mass is 198 g/mol. The Balaban J connectivity index is 2.22. The Kier molecular flexibility index (Phi) is 5.49. The lowest BCUT2D eigenvalue weighted by Gasteiger charge is -2.25. The van der Waals surface area contributed by atoms with Gasteiger partial charge in [-0.15, -0.1) is 0 Å². The molecule has 84 valence electrons. The third-order valence-corrected chi connectivity index (χ3v) is 3.53. The van der Waals surface area contributed by atoms with Crippen molar-refractivity contribution in [2.24, 2.45) is 0 Å². The van der Waals surface area contributed by atoms with Crippen molar-refractivity contribution in [3.05, 3.63) is 0 Å². The second-order valence-electron chi connectivity index (χ2n) is 4.35. The van der Waals surface area contributed by atoms with E-state index in [1.807, 2.05) is 0 Å². The Labute approximate surface area is 89.1 Å². The van der Waals surface area contributed by atoms with Crippen LogP contribution in [0.3, 0.4) is 0 Å². The van der Waals surface area contributed by atoms with Gasteiger partial charge in [-0.05, 0) is 38.8 Å². The van der Waals surface area contributed by atoms with Crippen molar-refractivity contribution < 1.29 is 0 Å². The highest BCUT2D eigenvalue weighted by molar-refractivity contribution is 4.81. The lowest BCUT2D eigenvalue weighted by Crippen LogP contribution is -2.41. The minimum atomic E-state index is 0.731. The Bertz CT molecular complexity index is 143. The van der Waals surface area contributed by atoms with Gasteiger partial charge >= 0.3 is 0 Å². The van der Waals surface area contributed by atoms with Crippen molar-refractivity contribution in [3.8, 4) is 0 Å². The SMILES string of the molecule is CCC(CC)NCC1CCCN1CC. The molecule has 14 heavy (non-hydrogen) atoms. The fourth-order valence-electron chi connectivity index (χ4n) is 2.42. The lowest BCUT2D eigenvalue weighted by molar-refractivity contribution is 0.252. The summed E-state index contributed by atoms with van der Waals surface area (Å²) in [7, 11) is 0. The summed E-state index contributed by atoms with van der Waals surface area (Å²) in [4.78, 5) is 2.61. The summed E-state index contributed by atoms with van der Waals surface area (Å²) in [5.74, 6) is 0. The van der Waals surface area contributed by atoms with E-state index in [0.29, 0.717) is 0 Å². The molecule has 1 N–H and O–H groups in total. The van der Waals surface area contributed by atoms with E-state index in [-0.39, 0.29) is 0 Å². The summed E-state index contributed by atoms with van der Waals surface area (Å²) < 4.78 is 0. The summed E-state index contributed by atoms with van der Waals surface area (Å²) in [6, 6.07) is 1.54. The summed E-state index contributed by atoms with van der Waals surface area (Å²) in [6.07, 6.45) is 5.30. The number of hydrogen-bond acceptors (Lipinski definition) is 2. The van der Waals surface area contributed by atoms with E-state index in [1.54, 1.807) is 0 Å².